The minimum absolute atomic E-state index is 0.135. The Kier molecular flexibility index (Phi) is 5.41. The summed E-state index contributed by atoms with van der Waals surface area (Å²) in [6, 6.07) is -0.293. The van der Waals surface area contributed by atoms with E-state index in [-0.39, 0.29) is 18.6 Å². The van der Waals surface area contributed by atoms with Crippen LogP contribution < -0.4 is 5.73 Å². The second kappa shape index (κ2) is 6.59. The highest BCUT2D eigenvalue weighted by molar-refractivity contribution is 5.79. The zero-order valence-corrected chi connectivity index (χ0v) is 10.6. The summed E-state index contributed by atoms with van der Waals surface area (Å²) in [5.74, 6) is -0.306. The van der Waals surface area contributed by atoms with Crippen molar-refractivity contribution in [1.82, 2.24) is 4.90 Å². The van der Waals surface area contributed by atoms with Gasteiger partial charge in [-0.3, -0.25) is 14.5 Å². The monoisotopic (exact) mass is 242 g/mol. The Labute approximate surface area is 102 Å². The van der Waals surface area contributed by atoms with Gasteiger partial charge in [-0.1, -0.05) is 13.3 Å². The molecule has 0 radical (unpaired) electrons. The Bertz CT molecular complexity index is 277. The van der Waals surface area contributed by atoms with Gasteiger partial charge < -0.3 is 10.5 Å². The van der Waals surface area contributed by atoms with E-state index in [0.717, 1.165) is 32.2 Å². The first-order valence-corrected chi connectivity index (χ1v) is 6.20. The van der Waals surface area contributed by atoms with Crippen LogP contribution in [0.4, 0.5) is 0 Å². The summed E-state index contributed by atoms with van der Waals surface area (Å²) < 4.78 is 4.82. The lowest BCUT2D eigenvalue weighted by atomic mass is 10.1. The number of methoxy groups -OCH3 is 1. The van der Waals surface area contributed by atoms with E-state index in [1.165, 1.54) is 7.11 Å². The molecule has 0 aromatic rings. The predicted octanol–water partition coefficient (Wildman–Crippen LogP) is 0.525. The zero-order valence-electron chi connectivity index (χ0n) is 10.6. The van der Waals surface area contributed by atoms with Crippen molar-refractivity contribution >= 4 is 11.9 Å². The van der Waals surface area contributed by atoms with Gasteiger partial charge in [0.15, 0.2) is 0 Å². The lowest BCUT2D eigenvalue weighted by Gasteiger charge is -2.28. The number of carbonyl (C=O) groups is 2. The number of nitrogens with zero attached hydrogens (tertiary/aromatic N) is 1. The van der Waals surface area contributed by atoms with Gasteiger partial charge in [-0.05, 0) is 31.7 Å². The molecule has 0 heterocycles. The molecule has 0 spiro atoms. The molecule has 1 aliphatic rings. The van der Waals surface area contributed by atoms with E-state index < -0.39 is 5.91 Å². The first-order valence-electron chi connectivity index (χ1n) is 6.20. The van der Waals surface area contributed by atoms with Gasteiger partial charge in [-0.15, -0.1) is 0 Å². The van der Waals surface area contributed by atoms with E-state index in [4.69, 9.17) is 10.5 Å². The van der Waals surface area contributed by atoms with Crippen molar-refractivity contribution in [3.8, 4) is 0 Å². The summed E-state index contributed by atoms with van der Waals surface area (Å²) in [7, 11) is 1.39. The molecule has 1 rings (SSSR count). The number of hydrogen-bond donors (Lipinski definition) is 1. The number of unbranched alkanes of at least 4 members (excludes halogenated alkanes) is 1. The number of primary amides is 1. The van der Waals surface area contributed by atoms with Crippen LogP contribution in [0.1, 0.15) is 32.6 Å². The Hall–Kier alpha value is -1.10. The molecule has 1 aliphatic carbocycles. The SMILES string of the molecule is CCCCN(CC(N)=O)C(C(=O)OC)C1CC1. The van der Waals surface area contributed by atoms with Gasteiger partial charge in [0.05, 0.1) is 13.7 Å². The molecule has 0 saturated heterocycles. The average molecular weight is 242 g/mol. The average Bonchev–Trinajstić information content (AvgIpc) is 3.09. The maximum atomic E-state index is 11.8. The second-order valence-corrected chi connectivity index (χ2v) is 4.60. The molecule has 0 aromatic heterocycles. The highest BCUT2D eigenvalue weighted by Gasteiger charge is 2.41. The van der Waals surface area contributed by atoms with E-state index >= 15 is 0 Å². The fourth-order valence-electron chi connectivity index (χ4n) is 2.05. The van der Waals surface area contributed by atoms with E-state index in [0.29, 0.717) is 5.92 Å². The standard InChI is InChI=1S/C12H22N2O3/c1-3-4-7-14(8-10(13)15)11(9-5-6-9)12(16)17-2/h9,11H,3-8H2,1-2H3,(H2,13,15). The van der Waals surface area contributed by atoms with Crippen molar-refractivity contribution in [2.75, 3.05) is 20.2 Å². The molecule has 17 heavy (non-hydrogen) atoms. The molecule has 98 valence electrons. The number of esters is 1. The molecule has 0 aliphatic heterocycles. The van der Waals surface area contributed by atoms with Crippen molar-refractivity contribution in [2.45, 2.75) is 38.6 Å². The molecular formula is C12H22N2O3. The highest BCUT2D eigenvalue weighted by Crippen LogP contribution is 2.36. The van der Waals surface area contributed by atoms with Gasteiger partial charge >= 0.3 is 5.97 Å². The van der Waals surface area contributed by atoms with Crippen molar-refractivity contribution in [3.05, 3.63) is 0 Å². The molecule has 1 amide bonds. The third kappa shape index (κ3) is 4.34. The molecule has 5 heteroatoms. The fourth-order valence-corrected chi connectivity index (χ4v) is 2.05. The Balaban J connectivity index is 2.67. The zero-order chi connectivity index (χ0) is 12.8. The minimum atomic E-state index is -0.393. The topological polar surface area (TPSA) is 72.6 Å². The molecule has 2 N–H and O–H groups in total. The summed E-state index contributed by atoms with van der Waals surface area (Å²) in [6.45, 7) is 2.93. The van der Waals surface area contributed by atoms with Crippen LogP contribution in [0.25, 0.3) is 0 Å². The van der Waals surface area contributed by atoms with Crippen molar-refractivity contribution in [1.29, 1.82) is 0 Å². The third-order valence-corrected chi connectivity index (χ3v) is 3.06. The molecule has 1 unspecified atom stereocenters. The Morgan fingerprint density at radius 1 is 1.47 bits per heavy atom. The molecule has 0 bridgehead atoms. The van der Waals surface area contributed by atoms with Crippen LogP contribution in [0.3, 0.4) is 0 Å². The van der Waals surface area contributed by atoms with Crippen molar-refractivity contribution in [2.24, 2.45) is 11.7 Å². The third-order valence-electron chi connectivity index (χ3n) is 3.06. The smallest absolute Gasteiger partial charge is 0.323 e. The van der Waals surface area contributed by atoms with E-state index in [9.17, 15) is 9.59 Å². The number of ether oxygens (including phenoxy) is 1. The molecule has 5 nitrogen and oxygen atoms in total. The van der Waals surface area contributed by atoms with Gasteiger partial charge in [0.25, 0.3) is 0 Å². The first-order chi connectivity index (χ1) is 8.10. The summed E-state index contributed by atoms with van der Waals surface area (Å²) in [4.78, 5) is 24.7. The summed E-state index contributed by atoms with van der Waals surface area (Å²) in [5, 5.41) is 0. The Morgan fingerprint density at radius 2 is 2.12 bits per heavy atom. The Morgan fingerprint density at radius 3 is 2.53 bits per heavy atom. The normalized spacial score (nSPS) is 16.9. The maximum Gasteiger partial charge on any atom is 0.323 e. The summed E-state index contributed by atoms with van der Waals surface area (Å²) in [5.41, 5.74) is 5.23. The van der Waals surface area contributed by atoms with Crippen LogP contribution in [0.15, 0.2) is 0 Å². The maximum absolute atomic E-state index is 11.8. The van der Waals surface area contributed by atoms with Crippen LogP contribution in [0.2, 0.25) is 0 Å². The second-order valence-electron chi connectivity index (χ2n) is 4.60. The van der Waals surface area contributed by atoms with Gasteiger partial charge in [0.2, 0.25) is 5.91 Å². The van der Waals surface area contributed by atoms with Crippen molar-refractivity contribution in [3.63, 3.8) is 0 Å². The van der Waals surface area contributed by atoms with E-state index in [1.54, 1.807) is 0 Å². The van der Waals surface area contributed by atoms with E-state index in [2.05, 4.69) is 6.92 Å². The van der Waals surface area contributed by atoms with Crippen LogP contribution in [0.5, 0.6) is 0 Å². The van der Waals surface area contributed by atoms with Gasteiger partial charge in [0, 0.05) is 0 Å². The van der Waals surface area contributed by atoms with Gasteiger partial charge in [-0.2, -0.15) is 0 Å². The predicted molar refractivity (Wildman–Crippen MR) is 64.2 cm³/mol. The molecule has 1 saturated carbocycles. The first kappa shape index (κ1) is 14.0. The van der Waals surface area contributed by atoms with Crippen LogP contribution in [-0.4, -0.2) is 43.0 Å². The number of rotatable bonds is 8. The summed E-state index contributed by atoms with van der Waals surface area (Å²) in [6.07, 6.45) is 4.03. The number of amides is 1. The summed E-state index contributed by atoms with van der Waals surface area (Å²) >= 11 is 0. The number of carbonyl (C=O) groups excluding carboxylic acids is 2. The quantitative estimate of drug-likeness (QED) is 0.630. The molecular weight excluding hydrogens is 220 g/mol. The van der Waals surface area contributed by atoms with Gasteiger partial charge in [0.1, 0.15) is 6.04 Å². The van der Waals surface area contributed by atoms with Crippen LogP contribution in [0, 0.1) is 5.92 Å². The highest BCUT2D eigenvalue weighted by atomic mass is 16.5. The molecule has 0 aromatic carbocycles. The van der Waals surface area contributed by atoms with E-state index in [1.807, 2.05) is 4.90 Å². The minimum Gasteiger partial charge on any atom is -0.468 e. The molecule has 1 fully saturated rings. The lowest BCUT2D eigenvalue weighted by Crippen LogP contribution is -2.47. The lowest BCUT2D eigenvalue weighted by molar-refractivity contribution is -0.148. The number of hydrogen-bond acceptors (Lipinski definition) is 4. The van der Waals surface area contributed by atoms with Crippen LogP contribution in [-0.2, 0) is 14.3 Å². The number of nitrogens with two attached hydrogens (primary N) is 1. The largest absolute Gasteiger partial charge is 0.468 e. The van der Waals surface area contributed by atoms with Gasteiger partial charge in [-0.25, -0.2) is 0 Å². The fraction of sp³-hybridized carbons (Fsp3) is 0.833. The van der Waals surface area contributed by atoms with Crippen molar-refractivity contribution < 1.29 is 14.3 Å². The van der Waals surface area contributed by atoms with Crippen LogP contribution >= 0.6 is 0 Å². The molecule has 1 atom stereocenters.